The number of amides is 2. The molecular formula is C31H23N5O2. The first kappa shape index (κ1) is 23.1. The summed E-state index contributed by atoms with van der Waals surface area (Å²) >= 11 is 0. The van der Waals surface area contributed by atoms with Crippen LogP contribution in [0.3, 0.4) is 0 Å². The molecule has 0 spiro atoms. The van der Waals surface area contributed by atoms with Gasteiger partial charge in [0, 0.05) is 23.5 Å². The molecule has 3 aromatic carbocycles. The number of rotatable bonds is 4. The second-order valence-corrected chi connectivity index (χ2v) is 8.84. The topological polar surface area (TPSA) is 87.2 Å². The summed E-state index contributed by atoms with van der Waals surface area (Å²) in [7, 11) is 0. The lowest BCUT2D eigenvalue weighted by Crippen LogP contribution is -2.30. The monoisotopic (exact) mass is 497 g/mol. The molecule has 0 radical (unpaired) electrons. The Labute approximate surface area is 219 Å². The number of pyridine rings is 2. The molecule has 0 saturated carbocycles. The number of anilines is 4. The molecule has 0 saturated heterocycles. The number of benzene rings is 3. The van der Waals surface area contributed by atoms with Gasteiger partial charge in [-0.3, -0.25) is 9.59 Å². The van der Waals surface area contributed by atoms with Gasteiger partial charge in [0.1, 0.15) is 11.6 Å². The molecule has 3 heterocycles. The molecule has 0 atom stereocenters. The van der Waals surface area contributed by atoms with E-state index in [-0.39, 0.29) is 11.8 Å². The maximum Gasteiger partial charge on any atom is 0.260 e. The van der Waals surface area contributed by atoms with E-state index in [1.54, 1.807) is 29.3 Å². The summed E-state index contributed by atoms with van der Waals surface area (Å²) in [6.45, 7) is 0.362. The molecule has 1 aliphatic rings. The van der Waals surface area contributed by atoms with Crippen molar-refractivity contribution in [1.82, 2.24) is 9.97 Å². The van der Waals surface area contributed by atoms with Crippen molar-refractivity contribution < 1.29 is 9.59 Å². The number of nitrogens with zero attached hydrogens (tertiary/aromatic N) is 3. The highest BCUT2D eigenvalue weighted by molar-refractivity contribution is 6.10. The number of hydrogen-bond donors (Lipinski definition) is 2. The summed E-state index contributed by atoms with van der Waals surface area (Å²) in [4.78, 5) is 37.3. The van der Waals surface area contributed by atoms with Gasteiger partial charge in [0.2, 0.25) is 0 Å². The molecule has 7 nitrogen and oxygen atoms in total. The Hall–Kier alpha value is -5.30. The van der Waals surface area contributed by atoms with Crippen molar-refractivity contribution in [3.8, 4) is 11.1 Å². The van der Waals surface area contributed by atoms with E-state index in [0.29, 0.717) is 23.5 Å². The quantitative estimate of drug-likeness (QED) is 0.304. The number of nitrogens with one attached hydrogen (secondary N) is 2. The minimum Gasteiger partial charge on any atom is -0.338 e. The third-order valence-electron chi connectivity index (χ3n) is 6.42. The largest absolute Gasteiger partial charge is 0.338 e. The minimum absolute atomic E-state index is 0.198. The van der Waals surface area contributed by atoms with Crippen LogP contribution in [0.25, 0.3) is 11.1 Å². The fraction of sp³-hybridized carbons (Fsp3) is 0.0323. The molecule has 184 valence electrons. The van der Waals surface area contributed by atoms with Crippen LogP contribution in [0.5, 0.6) is 0 Å². The second kappa shape index (κ2) is 9.99. The summed E-state index contributed by atoms with van der Waals surface area (Å²) in [5.74, 6) is 0.618. The normalized spacial score (nSPS) is 11.9. The van der Waals surface area contributed by atoms with Crippen molar-refractivity contribution in [2.24, 2.45) is 0 Å². The zero-order valence-electron chi connectivity index (χ0n) is 20.3. The van der Waals surface area contributed by atoms with Gasteiger partial charge in [0.15, 0.2) is 0 Å². The highest BCUT2D eigenvalue weighted by Crippen LogP contribution is 2.35. The molecular weight excluding hydrogens is 474 g/mol. The van der Waals surface area contributed by atoms with Crippen LogP contribution in [-0.4, -0.2) is 21.8 Å². The van der Waals surface area contributed by atoms with Gasteiger partial charge in [-0.2, -0.15) is 0 Å². The average molecular weight is 498 g/mol. The molecule has 0 bridgehead atoms. The standard InChI is InChI=1S/C31H23N5O2/c37-30(25-13-5-4-12-24(25)21-9-2-1-3-10-21)35-28-17-16-22(19-33-28)31(38)36-20-23-11-8-18-32-29(23)34-26-14-6-7-15-27(26)36/h1-19H,20H2,(H,32,34)(H,33,35,37). The van der Waals surface area contributed by atoms with Crippen molar-refractivity contribution in [2.45, 2.75) is 6.54 Å². The number of aromatic nitrogens is 2. The number of fused-ring (bicyclic) bond motifs is 2. The summed E-state index contributed by atoms with van der Waals surface area (Å²) in [6.07, 6.45) is 3.22. The van der Waals surface area contributed by atoms with Gasteiger partial charge in [-0.15, -0.1) is 0 Å². The van der Waals surface area contributed by atoms with E-state index >= 15 is 0 Å². The molecule has 0 fully saturated rings. The molecule has 7 heteroatoms. The first-order valence-electron chi connectivity index (χ1n) is 12.2. The van der Waals surface area contributed by atoms with Crippen LogP contribution in [0.2, 0.25) is 0 Å². The number of para-hydroxylation sites is 2. The molecule has 6 rings (SSSR count). The van der Waals surface area contributed by atoms with Crippen LogP contribution in [-0.2, 0) is 6.54 Å². The van der Waals surface area contributed by atoms with E-state index in [1.165, 1.54) is 6.20 Å². The fourth-order valence-electron chi connectivity index (χ4n) is 4.54. The molecule has 2 aromatic heterocycles. The lowest BCUT2D eigenvalue weighted by molar-refractivity contribution is 0.0984. The molecule has 38 heavy (non-hydrogen) atoms. The zero-order chi connectivity index (χ0) is 25.9. The van der Waals surface area contributed by atoms with E-state index in [4.69, 9.17) is 0 Å². The van der Waals surface area contributed by atoms with Crippen molar-refractivity contribution in [2.75, 3.05) is 15.5 Å². The summed E-state index contributed by atoms with van der Waals surface area (Å²) in [6, 6.07) is 32.0. The van der Waals surface area contributed by atoms with Gasteiger partial charge in [0.05, 0.1) is 23.5 Å². The smallest absolute Gasteiger partial charge is 0.260 e. The Bertz CT molecular complexity index is 1630. The number of hydrogen-bond acceptors (Lipinski definition) is 5. The van der Waals surface area contributed by atoms with Gasteiger partial charge in [0.25, 0.3) is 11.8 Å². The second-order valence-electron chi connectivity index (χ2n) is 8.84. The summed E-state index contributed by atoms with van der Waals surface area (Å²) in [5.41, 5.74) is 5.21. The minimum atomic E-state index is -0.271. The van der Waals surface area contributed by atoms with E-state index in [1.807, 2.05) is 84.9 Å². The predicted molar refractivity (Wildman–Crippen MR) is 149 cm³/mol. The maximum absolute atomic E-state index is 13.6. The molecule has 5 aromatic rings. The SMILES string of the molecule is O=C(Nc1ccc(C(=O)N2Cc3cccnc3Nc3ccccc32)cn1)c1ccccc1-c1ccccc1. The van der Waals surface area contributed by atoms with Crippen LogP contribution in [0.4, 0.5) is 23.0 Å². The molecule has 2 amide bonds. The number of carbonyl (C=O) groups is 2. The summed E-state index contributed by atoms with van der Waals surface area (Å²) in [5, 5.41) is 6.19. The lowest BCUT2D eigenvalue weighted by atomic mass is 9.99. The molecule has 1 aliphatic heterocycles. The van der Waals surface area contributed by atoms with Gasteiger partial charge in [-0.1, -0.05) is 66.7 Å². The van der Waals surface area contributed by atoms with E-state index < -0.39 is 0 Å². The molecule has 2 N–H and O–H groups in total. The van der Waals surface area contributed by atoms with E-state index in [0.717, 1.165) is 33.9 Å². The highest BCUT2D eigenvalue weighted by atomic mass is 16.2. The average Bonchev–Trinajstić information content (AvgIpc) is 3.14. The fourth-order valence-corrected chi connectivity index (χ4v) is 4.54. The highest BCUT2D eigenvalue weighted by Gasteiger charge is 2.25. The zero-order valence-corrected chi connectivity index (χ0v) is 20.3. The summed E-state index contributed by atoms with van der Waals surface area (Å²) < 4.78 is 0. The molecule has 0 unspecified atom stereocenters. The van der Waals surface area contributed by atoms with Gasteiger partial charge in [-0.25, -0.2) is 9.97 Å². The lowest BCUT2D eigenvalue weighted by Gasteiger charge is -2.22. The van der Waals surface area contributed by atoms with Crippen LogP contribution in [0.1, 0.15) is 26.3 Å². The van der Waals surface area contributed by atoms with Crippen LogP contribution in [0.15, 0.2) is 116 Å². The van der Waals surface area contributed by atoms with E-state index in [9.17, 15) is 9.59 Å². The Kier molecular flexibility index (Phi) is 6.08. The first-order valence-corrected chi connectivity index (χ1v) is 12.2. The number of carbonyl (C=O) groups excluding carboxylic acids is 2. The third kappa shape index (κ3) is 4.49. The maximum atomic E-state index is 13.6. The molecule has 0 aliphatic carbocycles. The van der Waals surface area contributed by atoms with Gasteiger partial charge >= 0.3 is 0 Å². The van der Waals surface area contributed by atoms with Crippen LogP contribution in [0, 0.1) is 0 Å². The van der Waals surface area contributed by atoms with Crippen LogP contribution >= 0.6 is 0 Å². The van der Waals surface area contributed by atoms with Crippen LogP contribution < -0.4 is 15.5 Å². The van der Waals surface area contributed by atoms with Gasteiger partial charge in [-0.05, 0) is 47.5 Å². The Morgan fingerprint density at radius 3 is 2.42 bits per heavy atom. The predicted octanol–water partition coefficient (Wildman–Crippen LogP) is 6.30. The van der Waals surface area contributed by atoms with Crippen molar-refractivity contribution in [3.05, 3.63) is 132 Å². The van der Waals surface area contributed by atoms with Gasteiger partial charge < -0.3 is 15.5 Å². The van der Waals surface area contributed by atoms with Crippen molar-refractivity contribution >= 4 is 34.8 Å². The first-order chi connectivity index (χ1) is 18.7. The van der Waals surface area contributed by atoms with E-state index in [2.05, 4.69) is 20.6 Å². The third-order valence-corrected chi connectivity index (χ3v) is 6.42. The Balaban J connectivity index is 1.24. The Morgan fingerprint density at radius 2 is 1.58 bits per heavy atom. The van der Waals surface area contributed by atoms with Crippen molar-refractivity contribution in [1.29, 1.82) is 0 Å². The Morgan fingerprint density at radius 1 is 0.789 bits per heavy atom. The van der Waals surface area contributed by atoms with Crippen molar-refractivity contribution in [3.63, 3.8) is 0 Å².